The highest BCUT2D eigenvalue weighted by Crippen LogP contribution is 2.25. The van der Waals surface area contributed by atoms with Gasteiger partial charge in [-0.2, -0.15) is 0 Å². The second kappa shape index (κ2) is 5.23. The molecule has 0 aromatic heterocycles. The third kappa shape index (κ3) is 3.16. The first-order valence-electron chi connectivity index (χ1n) is 6.49. The standard InChI is InChI=1S/C14H21NO3S/c1-14(2)11-15(8-9-19(14,17)18)10-13(16)12-6-4-3-5-7-12/h3-7,13,16H,8-11H2,1-2H3. The summed E-state index contributed by atoms with van der Waals surface area (Å²) in [6.07, 6.45) is -0.571. The predicted octanol–water partition coefficient (Wildman–Crippen LogP) is 1.23. The summed E-state index contributed by atoms with van der Waals surface area (Å²) >= 11 is 0. The van der Waals surface area contributed by atoms with Crippen LogP contribution in [0.5, 0.6) is 0 Å². The van der Waals surface area contributed by atoms with E-state index in [1.165, 1.54) is 0 Å². The first kappa shape index (κ1) is 14.5. The molecule has 5 heteroatoms. The van der Waals surface area contributed by atoms with Gasteiger partial charge in [0.2, 0.25) is 0 Å². The van der Waals surface area contributed by atoms with Gasteiger partial charge in [-0.1, -0.05) is 30.3 Å². The fourth-order valence-electron chi connectivity index (χ4n) is 2.42. The first-order chi connectivity index (χ1) is 8.82. The van der Waals surface area contributed by atoms with Gasteiger partial charge < -0.3 is 5.11 Å². The summed E-state index contributed by atoms with van der Waals surface area (Å²) in [5.74, 6) is 0.168. The fraction of sp³-hybridized carbons (Fsp3) is 0.571. The molecular formula is C14H21NO3S. The van der Waals surface area contributed by atoms with Gasteiger partial charge in [0.25, 0.3) is 0 Å². The van der Waals surface area contributed by atoms with Crippen LogP contribution in [0.2, 0.25) is 0 Å². The Kier molecular flexibility index (Phi) is 3.99. The Morgan fingerprint density at radius 1 is 1.32 bits per heavy atom. The van der Waals surface area contributed by atoms with E-state index in [0.29, 0.717) is 19.6 Å². The van der Waals surface area contributed by atoms with Crippen LogP contribution < -0.4 is 0 Å². The van der Waals surface area contributed by atoms with Gasteiger partial charge >= 0.3 is 0 Å². The molecule has 1 aromatic rings. The molecule has 19 heavy (non-hydrogen) atoms. The van der Waals surface area contributed by atoms with E-state index < -0.39 is 20.7 Å². The Morgan fingerprint density at radius 3 is 2.53 bits per heavy atom. The Hall–Kier alpha value is -0.910. The van der Waals surface area contributed by atoms with Gasteiger partial charge in [-0.15, -0.1) is 0 Å². The van der Waals surface area contributed by atoms with Crippen molar-refractivity contribution < 1.29 is 13.5 Å². The van der Waals surface area contributed by atoms with E-state index in [2.05, 4.69) is 0 Å². The minimum absolute atomic E-state index is 0.168. The number of aliphatic hydroxyl groups excluding tert-OH is 1. The maximum absolute atomic E-state index is 11.9. The topological polar surface area (TPSA) is 57.6 Å². The third-order valence-electron chi connectivity index (χ3n) is 3.74. The zero-order valence-electron chi connectivity index (χ0n) is 11.4. The Morgan fingerprint density at radius 2 is 1.95 bits per heavy atom. The summed E-state index contributed by atoms with van der Waals surface area (Å²) in [7, 11) is -3.02. The molecule has 0 amide bonds. The van der Waals surface area contributed by atoms with Crippen LogP contribution >= 0.6 is 0 Å². The lowest BCUT2D eigenvalue weighted by atomic mass is 10.1. The highest BCUT2D eigenvalue weighted by molar-refractivity contribution is 7.92. The monoisotopic (exact) mass is 283 g/mol. The van der Waals surface area contributed by atoms with Crippen LogP contribution in [0.15, 0.2) is 30.3 Å². The summed E-state index contributed by atoms with van der Waals surface area (Å²) < 4.78 is 23.1. The number of nitrogens with zero attached hydrogens (tertiary/aromatic N) is 1. The van der Waals surface area contributed by atoms with Crippen LogP contribution in [0.1, 0.15) is 25.5 Å². The van der Waals surface area contributed by atoms with Crippen LogP contribution in [0, 0.1) is 0 Å². The molecule has 2 rings (SSSR count). The van der Waals surface area contributed by atoms with Crippen molar-refractivity contribution in [2.45, 2.75) is 24.7 Å². The Balaban J connectivity index is 2.02. The van der Waals surface area contributed by atoms with Gasteiger partial charge in [-0.05, 0) is 19.4 Å². The number of rotatable bonds is 3. The second-order valence-corrected chi connectivity index (χ2v) is 8.48. The SMILES string of the molecule is CC1(C)CN(CC(O)c2ccccc2)CCS1(=O)=O. The summed E-state index contributed by atoms with van der Waals surface area (Å²) in [6, 6.07) is 9.46. The molecule has 0 bridgehead atoms. The maximum Gasteiger partial charge on any atom is 0.157 e. The molecule has 0 radical (unpaired) electrons. The van der Waals surface area contributed by atoms with E-state index in [-0.39, 0.29) is 5.75 Å². The predicted molar refractivity (Wildman–Crippen MR) is 75.7 cm³/mol. The quantitative estimate of drug-likeness (QED) is 0.906. The molecule has 0 spiro atoms. The molecule has 1 saturated heterocycles. The molecule has 0 saturated carbocycles. The molecule has 1 unspecified atom stereocenters. The van der Waals surface area contributed by atoms with Crippen LogP contribution in [0.25, 0.3) is 0 Å². The molecule has 0 aliphatic carbocycles. The van der Waals surface area contributed by atoms with Gasteiger partial charge in [0.05, 0.1) is 16.6 Å². The molecule has 1 aliphatic heterocycles. The molecule has 1 aromatic carbocycles. The van der Waals surface area contributed by atoms with Gasteiger partial charge in [0.1, 0.15) is 0 Å². The maximum atomic E-state index is 11.9. The summed E-state index contributed by atoms with van der Waals surface area (Å²) in [6.45, 7) is 4.95. The minimum Gasteiger partial charge on any atom is -0.387 e. The van der Waals surface area contributed by atoms with Crippen molar-refractivity contribution in [3.05, 3.63) is 35.9 Å². The lowest BCUT2D eigenvalue weighted by Crippen LogP contribution is -2.53. The number of aliphatic hydroxyl groups is 1. The number of β-amino-alcohol motifs (C(OH)–C–C–N with tert-alkyl or cyclic N) is 1. The number of benzene rings is 1. The lowest BCUT2D eigenvalue weighted by Gasteiger charge is -2.38. The van der Waals surface area contributed by atoms with Gasteiger partial charge in [-0.25, -0.2) is 8.42 Å². The van der Waals surface area contributed by atoms with Gasteiger partial charge in [0.15, 0.2) is 9.84 Å². The van der Waals surface area contributed by atoms with Gasteiger partial charge in [0, 0.05) is 19.6 Å². The number of sulfone groups is 1. The average Bonchev–Trinajstić information content (AvgIpc) is 2.35. The van der Waals surface area contributed by atoms with Crippen molar-refractivity contribution in [2.24, 2.45) is 0 Å². The Labute approximate surface area is 115 Å². The molecule has 1 atom stereocenters. The smallest absolute Gasteiger partial charge is 0.157 e. The highest BCUT2D eigenvalue weighted by atomic mass is 32.2. The Bertz CT molecular complexity index is 525. The zero-order valence-corrected chi connectivity index (χ0v) is 12.2. The van der Waals surface area contributed by atoms with Crippen LogP contribution in [-0.2, 0) is 9.84 Å². The largest absolute Gasteiger partial charge is 0.387 e. The summed E-state index contributed by atoms with van der Waals surface area (Å²) in [5, 5.41) is 10.2. The molecule has 4 nitrogen and oxygen atoms in total. The lowest BCUT2D eigenvalue weighted by molar-refractivity contribution is 0.108. The molecule has 106 valence electrons. The summed E-state index contributed by atoms with van der Waals surface area (Å²) in [5.41, 5.74) is 0.869. The minimum atomic E-state index is -3.02. The number of hydrogen-bond donors (Lipinski definition) is 1. The molecule has 1 N–H and O–H groups in total. The fourth-order valence-corrected chi connectivity index (χ4v) is 3.85. The van der Waals surface area contributed by atoms with E-state index in [4.69, 9.17) is 0 Å². The summed E-state index contributed by atoms with van der Waals surface area (Å²) in [4.78, 5) is 2.03. The molecule has 1 aliphatic rings. The van der Waals surface area contributed by atoms with Crippen LogP contribution in [-0.4, -0.2) is 48.6 Å². The van der Waals surface area contributed by atoms with Crippen molar-refractivity contribution in [1.82, 2.24) is 4.90 Å². The first-order valence-corrected chi connectivity index (χ1v) is 8.15. The molecular weight excluding hydrogens is 262 g/mol. The second-order valence-electron chi connectivity index (χ2n) is 5.74. The van der Waals surface area contributed by atoms with E-state index >= 15 is 0 Å². The molecule has 1 heterocycles. The van der Waals surface area contributed by atoms with Crippen molar-refractivity contribution in [1.29, 1.82) is 0 Å². The van der Waals surface area contributed by atoms with Gasteiger partial charge in [-0.3, -0.25) is 4.90 Å². The highest BCUT2D eigenvalue weighted by Gasteiger charge is 2.40. The third-order valence-corrected chi connectivity index (χ3v) is 6.27. The van der Waals surface area contributed by atoms with E-state index in [9.17, 15) is 13.5 Å². The average molecular weight is 283 g/mol. The van der Waals surface area contributed by atoms with Crippen molar-refractivity contribution in [3.8, 4) is 0 Å². The zero-order chi connectivity index (χ0) is 14.1. The van der Waals surface area contributed by atoms with E-state index in [1.807, 2.05) is 35.2 Å². The van der Waals surface area contributed by atoms with Crippen LogP contribution in [0.4, 0.5) is 0 Å². The van der Waals surface area contributed by atoms with Crippen molar-refractivity contribution >= 4 is 9.84 Å². The normalized spacial score (nSPS) is 23.9. The van der Waals surface area contributed by atoms with Crippen molar-refractivity contribution in [2.75, 3.05) is 25.4 Å². The number of hydrogen-bond acceptors (Lipinski definition) is 4. The van der Waals surface area contributed by atoms with Crippen LogP contribution in [0.3, 0.4) is 0 Å². The molecule has 1 fully saturated rings. The van der Waals surface area contributed by atoms with E-state index in [1.54, 1.807) is 13.8 Å². The van der Waals surface area contributed by atoms with Crippen molar-refractivity contribution in [3.63, 3.8) is 0 Å². The van der Waals surface area contributed by atoms with E-state index in [0.717, 1.165) is 5.56 Å².